The summed E-state index contributed by atoms with van der Waals surface area (Å²) in [7, 11) is 0. The van der Waals surface area contributed by atoms with Crippen LogP contribution < -0.4 is 21.7 Å². The summed E-state index contributed by atoms with van der Waals surface area (Å²) in [4.78, 5) is 23.5. The number of nitrogens with two attached hydrogens (primary N) is 1. The summed E-state index contributed by atoms with van der Waals surface area (Å²) in [6, 6.07) is 0.516. The lowest BCUT2D eigenvalue weighted by molar-refractivity contribution is -0.121. The molecule has 0 spiro atoms. The number of amides is 3. The first kappa shape index (κ1) is 19.0. The zero-order valence-electron chi connectivity index (χ0n) is 13.1. The summed E-state index contributed by atoms with van der Waals surface area (Å²) in [6.07, 6.45) is 9.48. The predicted octanol–water partition coefficient (Wildman–Crippen LogP) is 1.43. The molecule has 0 aromatic heterocycles. The zero-order chi connectivity index (χ0) is 15.1. The molecule has 7 heteroatoms. The van der Waals surface area contributed by atoms with Crippen LogP contribution in [0.2, 0.25) is 0 Å². The van der Waals surface area contributed by atoms with Gasteiger partial charge in [0, 0.05) is 18.1 Å². The van der Waals surface area contributed by atoms with Gasteiger partial charge >= 0.3 is 6.03 Å². The molecule has 2 aliphatic rings. The smallest absolute Gasteiger partial charge is 0.315 e. The monoisotopic (exact) mass is 332 g/mol. The van der Waals surface area contributed by atoms with E-state index in [-0.39, 0.29) is 49.0 Å². The van der Waals surface area contributed by atoms with Gasteiger partial charge in [0.2, 0.25) is 5.91 Å². The van der Waals surface area contributed by atoms with Gasteiger partial charge in [-0.05, 0) is 38.5 Å². The first-order valence-electron chi connectivity index (χ1n) is 8.23. The standard InChI is InChI=1S/C15H28N4O2.ClH/c16-11-6-8-13(9-7-11)18-14(20)10-17-15(21)19-12-4-2-1-3-5-12;/h11-13H,1-10,16H2,(H,18,20)(H2,17,19,21);1H. The molecule has 0 unspecified atom stereocenters. The van der Waals surface area contributed by atoms with Gasteiger partial charge in [0.1, 0.15) is 0 Å². The van der Waals surface area contributed by atoms with Crippen LogP contribution in [0.25, 0.3) is 0 Å². The SMILES string of the molecule is Cl.NC1CCC(NC(=O)CNC(=O)NC2CCCCC2)CC1. The first-order valence-corrected chi connectivity index (χ1v) is 8.23. The molecule has 0 aromatic rings. The number of halogens is 1. The fourth-order valence-corrected chi connectivity index (χ4v) is 3.19. The molecule has 2 fully saturated rings. The van der Waals surface area contributed by atoms with Gasteiger partial charge in [0.25, 0.3) is 0 Å². The van der Waals surface area contributed by atoms with Crippen molar-refractivity contribution in [1.82, 2.24) is 16.0 Å². The van der Waals surface area contributed by atoms with E-state index in [1.54, 1.807) is 0 Å². The lowest BCUT2D eigenvalue weighted by Crippen LogP contribution is -2.48. The van der Waals surface area contributed by atoms with Gasteiger partial charge in [-0.25, -0.2) is 4.79 Å². The minimum absolute atomic E-state index is 0. The van der Waals surface area contributed by atoms with Gasteiger partial charge in [-0.2, -0.15) is 0 Å². The molecule has 5 N–H and O–H groups in total. The Bertz CT molecular complexity index is 353. The first-order chi connectivity index (χ1) is 10.1. The van der Waals surface area contributed by atoms with Crippen LogP contribution in [-0.2, 0) is 4.79 Å². The molecule has 0 bridgehead atoms. The average molecular weight is 333 g/mol. The Labute approximate surface area is 138 Å². The number of carbonyl (C=O) groups excluding carboxylic acids is 2. The summed E-state index contributed by atoms with van der Waals surface area (Å²) in [6.45, 7) is 0.0428. The van der Waals surface area contributed by atoms with Crippen molar-refractivity contribution in [2.45, 2.75) is 75.9 Å². The van der Waals surface area contributed by atoms with Gasteiger partial charge in [-0.15, -0.1) is 12.4 Å². The quantitative estimate of drug-likeness (QED) is 0.627. The van der Waals surface area contributed by atoms with E-state index in [0.717, 1.165) is 38.5 Å². The van der Waals surface area contributed by atoms with E-state index in [1.807, 2.05) is 0 Å². The van der Waals surface area contributed by atoms with Gasteiger partial charge in [-0.1, -0.05) is 19.3 Å². The third-order valence-electron chi connectivity index (χ3n) is 4.49. The maximum Gasteiger partial charge on any atom is 0.315 e. The summed E-state index contributed by atoms with van der Waals surface area (Å²) in [5.41, 5.74) is 5.84. The third kappa shape index (κ3) is 6.83. The van der Waals surface area contributed by atoms with E-state index in [2.05, 4.69) is 16.0 Å². The van der Waals surface area contributed by atoms with Crippen LogP contribution in [0.5, 0.6) is 0 Å². The molecule has 0 aromatic carbocycles. The number of hydrogen-bond acceptors (Lipinski definition) is 3. The normalized spacial score (nSPS) is 25.7. The second kappa shape index (κ2) is 9.90. The topological polar surface area (TPSA) is 96.2 Å². The maximum absolute atomic E-state index is 11.8. The highest BCUT2D eigenvalue weighted by molar-refractivity contribution is 5.85. The Morgan fingerprint density at radius 1 is 0.864 bits per heavy atom. The van der Waals surface area contributed by atoms with E-state index in [9.17, 15) is 9.59 Å². The molecule has 2 rings (SSSR count). The minimum Gasteiger partial charge on any atom is -0.352 e. The van der Waals surface area contributed by atoms with Crippen molar-refractivity contribution in [3.05, 3.63) is 0 Å². The van der Waals surface area contributed by atoms with E-state index in [4.69, 9.17) is 5.73 Å². The molecule has 2 saturated carbocycles. The van der Waals surface area contributed by atoms with E-state index in [1.165, 1.54) is 19.3 Å². The van der Waals surface area contributed by atoms with Crippen molar-refractivity contribution in [2.24, 2.45) is 5.73 Å². The van der Waals surface area contributed by atoms with Crippen LogP contribution in [0.15, 0.2) is 0 Å². The Hall–Kier alpha value is -1.01. The van der Waals surface area contributed by atoms with Crippen molar-refractivity contribution in [2.75, 3.05) is 6.54 Å². The molecular formula is C15H29ClN4O2. The van der Waals surface area contributed by atoms with Crippen LogP contribution in [0, 0.1) is 0 Å². The van der Waals surface area contributed by atoms with Gasteiger partial charge < -0.3 is 21.7 Å². The third-order valence-corrected chi connectivity index (χ3v) is 4.49. The second-order valence-electron chi connectivity index (χ2n) is 6.34. The maximum atomic E-state index is 11.8. The van der Waals surface area contributed by atoms with Crippen LogP contribution in [0.3, 0.4) is 0 Å². The van der Waals surface area contributed by atoms with Crippen LogP contribution in [0.1, 0.15) is 57.8 Å². The Kier molecular flexibility index (Phi) is 8.56. The molecule has 6 nitrogen and oxygen atoms in total. The van der Waals surface area contributed by atoms with Crippen LogP contribution in [-0.4, -0.2) is 36.6 Å². The van der Waals surface area contributed by atoms with Gasteiger partial charge in [0.05, 0.1) is 6.54 Å². The van der Waals surface area contributed by atoms with Crippen molar-refractivity contribution >= 4 is 24.3 Å². The number of rotatable bonds is 4. The summed E-state index contributed by atoms with van der Waals surface area (Å²) >= 11 is 0. The highest BCUT2D eigenvalue weighted by Gasteiger charge is 2.20. The summed E-state index contributed by atoms with van der Waals surface area (Å²) in [5.74, 6) is -0.116. The van der Waals surface area contributed by atoms with E-state index < -0.39 is 0 Å². The summed E-state index contributed by atoms with van der Waals surface area (Å²) < 4.78 is 0. The van der Waals surface area contributed by atoms with Gasteiger partial charge in [0.15, 0.2) is 0 Å². The molecular weight excluding hydrogens is 304 g/mol. The average Bonchev–Trinajstić information content (AvgIpc) is 2.49. The number of hydrogen-bond donors (Lipinski definition) is 4. The number of urea groups is 1. The molecule has 0 atom stereocenters. The molecule has 22 heavy (non-hydrogen) atoms. The predicted molar refractivity (Wildman–Crippen MR) is 89.0 cm³/mol. The van der Waals surface area contributed by atoms with Gasteiger partial charge in [-0.3, -0.25) is 4.79 Å². The van der Waals surface area contributed by atoms with E-state index >= 15 is 0 Å². The Morgan fingerprint density at radius 2 is 1.45 bits per heavy atom. The second-order valence-corrected chi connectivity index (χ2v) is 6.34. The molecule has 128 valence electrons. The largest absolute Gasteiger partial charge is 0.352 e. The number of nitrogens with one attached hydrogen (secondary N) is 3. The molecule has 0 heterocycles. The van der Waals surface area contributed by atoms with Crippen molar-refractivity contribution in [1.29, 1.82) is 0 Å². The Morgan fingerprint density at radius 3 is 2.09 bits per heavy atom. The molecule has 3 amide bonds. The molecule has 0 saturated heterocycles. The zero-order valence-corrected chi connectivity index (χ0v) is 13.9. The van der Waals surface area contributed by atoms with Crippen molar-refractivity contribution < 1.29 is 9.59 Å². The lowest BCUT2D eigenvalue weighted by Gasteiger charge is -2.27. The highest BCUT2D eigenvalue weighted by atomic mass is 35.5. The Balaban J connectivity index is 0.00000242. The van der Waals surface area contributed by atoms with Crippen molar-refractivity contribution in [3.63, 3.8) is 0 Å². The minimum atomic E-state index is -0.234. The fraction of sp³-hybridized carbons (Fsp3) is 0.867. The van der Waals surface area contributed by atoms with E-state index in [0.29, 0.717) is 0 Å². The van der Waals surface area contributed by atoms with Crippen LogP contribution >= 0.6 is 12.4 Å². The summed E-state index contributed by atoms with van der Waals surface area (Å²) in [5, 5.41) is 8.54. The lowest BCUT2D eigenvalue weighted by atomic mass is 9.92. The molecule has 2 aliphatic carbocycles. The molecule has 0 radical (unpaired) electrons. The highest BCUT2D eigenvalue weighted by Crippen LogP contribution is 2.17. The molecule has 0 aliphatic heterocycles. The van der Waals surface area contributed by atoms with Crippen LogP contribution in [0.4, 0.5) is 4.79 Å². The fourth-order valence-electron chi connectivity index (χ4n) is 3.19. The number of carbonyl (C=O) groups is 2. The van der Waals surface area contributed by atoms with Crippen molar-refractivity contribution in [3.8, 4) is 0 Å².